The van der Waals surface area contributed by atoms with E-state index in [2.05, 4.69) is 42.8 Å². The molecule has 1 heterocycles. The lowest BCUT2D eigenvalue weighted by Gasteiger charge is -2.08. The van der Waals surface area contributed by atoms with Crippen molar-refractivity contribution in [3.05, 3.63) is 10.7 Å². The van der Waals surface area contributed by atoms with Gasteiger partial charge in [0.05, 0.1) is 4.47 Å². The summed E-state index contributed by atoms with van der Waals surface area (Å²) in [7, 11) is 1.81. The third-order valence-corrected chi connectivity index (χ3v) is 3.56. The summed E-state index contributed by atoms with van der Waals surface area (Å²) in [5, 5.41) is 6.25. The smallest absolute Gasteiger partial charge is 0.224 e. The molecule has 0 aromatic carbocycles. The highest BCUT2D eigenvalue weighted by Gasteiger charge is 2.02. The summed E-state index contributed by atoms with van der Waals surface area (Å²) >= 11 is 5.34. The van der Waals surface area contributed by atoms with Gasteiger partial charge in [-0.1, -0.05) is 6.42 Å². The van der Waals surface area contributed by atoms with E-state index in [0.29, 0.717) is 5.95 Å². The van der Waals surface area contributed by atoms with Crippen molar-refractivity contribution in [2.24, 2.45) is 0 Å². The molecule has 1 aromatic rings. The Balaban J connectivity index is 2.30. The van der Waals surface area contributed by atoms with Crippen molar-refractivity contribution in [2.75, 3.05) is 36.2 Å². The number of hydrogen-bond acceptors (Lipinski definition) is 5. The summed E-state index contributed by atoms with van der Waals surface area (Å²) in [5.41, 5.74) is 0. The number of rotatable bonds is 8. The standard InChI is InChI=1S/C11H19BrN4S/c1-13-11-15-8-9(12)10(16-11)14-6-4-3-5-7-17-2/h8H,3-7H2,1-2H3,(H2,13,14,15,16). The Morgan fingerprint density at radius 2 is 2.18 bits per heavy atom. The Kier molecular flexibility index (Phi) is 7.35. The van der Waals surface area contributed by atoms with Crippen molar-refractivity contribution < 1.29 is 0 Å². The Bertz CT molecular complexity index is 335. The molecule has 0 unspecified atom stereocenters. The molecule has 0 fully saturated rings. The van der Waals surface area contributed by atoms with Gasteiger partial charge in [-0.3, -0.25) is 0 Å². The van der Waals surface area contributed by atoms with Gasteiger partial charge in [-0.25, -0.2) is 4.98 Å². The highest BCUT2D eigenvalue weighted by molar-refractivity contribution is 9.10. The van der Waals surface area contributed by atoms with Crippen molar-refractivity contribution in [1.82, 2.24) is 9.97 Å². The van der Waals surface area contributed by atoms with Gasteiger partial charge in [-0.15, -0.1) is 0 Å². The summed E-state index contributed by atoms with van der Waals surface area (Å²) in [6.07, 6.45) is 7.63. The van der Waals surface area contributed by atoms with Gasteiger partial charge in [0, 0.05) is 19.8 Å². The van der Waals surface area contributed by atoms with E-state index in [0.717, 1.165) is 16.8 Å². The van der Waals surface area contributed by atoms with Gasteiger partial charge in [0.15, 0.2) is 0 Å². The van der Waals surface area contributed by atoms with E-state index in [1.54, 1.807) is 6.20 Å². The number of thioether (sulfide) groups is 1. The number of aromatic nitrogens is 2. The molecule has 0 radical (unpaired) electrons. The van der Waals surface area contributed by atoms with E-state index in [1.807, 2.05) is 18.8 Å². The van der Waals surface area contributed by atoms with Crippen molar-refractivity contribution in [1.29, 1.82) is 0 Å². The van der Waals surface area contributed by atoms with Crippen molar-refractivity contribution >= 4 is 39.5 Å². The van der Waals surface area contributed by atoms with E-state index in [9.17, 15) is 0 Å². The number of unbranched alkanes of at least 4 members (excludes halogenated alkanes) is 2. The highest BCUT2D eigenvalue weighted by atomic mass is 79.9. The van der Waals surface area contributed by atoms with E-state index in [4.69, 9.17) is 0 Å². The van der Waals surface area contributed by atoms with Gasteiger partial charge >= 0.3 is 0 Å². The molecule has 0 aliphatic heterocycles. The van der Waals surface area contributed by atoms with Crippen molar-refractivity contribution in [2.45, 2.75) is 19.3 Å². The van der Waals surface area contributed by atoms with Crippen LogP contribution in [0.15, 0.2) is 10.7 Å². The van der Waals surface area contributed by atoms with Gasteiger partial charge in [0.1, 0.15) is 5.82 Å². The molecule has 96 valence electrons. The normalized spacial score (nSPS) is 10.3. The van der Waals surface area contributed by atoms with Crippen LogP contribution in [0.4, 0.5) is 11.8 Å². The molecule has 0 saturated heterocycles. The van der Waals surface area contributed by atoms with Crippen LogP contribution >= 0.6 is 27.7 Å². The maximum absolute atomic E-state index is 4.34. The maximum atomic E-state index is 4.34. The SMILES string of the molecule is CNc1ncc(Br)c(NCCCCCSC)n1. The fourth-order valence-electron chi connectivity index (χ4n) is 1.37. The van der Waals surface area contributed by atoms with Crippen molar-refractivity contribution in [3.8, 4) is 0 Å². The maximum Gasteiger partial charge on any atom is 0.224 e. The number of nitrogens with zero attached hydrogens (tertiary/aromatic N) is 2. The van der Waals surface area contributed by atoms with E-state index in [1.165, 1.54) is 25.0 Å². The zero-order valence-electron chi connectivity index (χ0n) is 10.3. The molecule has 0 aliphatic carbocycles. The molecule has 1 aromatic heterocycles. The lowest BCUT2D eigenvalue weighted by atomic mass is 10.2. The average molecular weight is 319 g/mol. The van der Waals surface area contributed by atoms with Crippen LogP contribution in [0.2, 0.25) is 0 Å². The first-order chi connectivity index (χ1) is 8.27. The Morgan fingerprint density at radius 3 is 2.88 bits per heavy atom. The molecular weight excluding hydrogens is 300 g/mol. The van der Waals surface area contributed by atoms with E-state index in [-0.39, 0.29) is 0 Å². The molecule has 0 spiro atoms. The first kappa shape index (κ1) is 14.6. The molecule has 1 rings (SSSR count). The molecule has 0 saturated carbocycles. The second-order valence-corrected chi connectivity index (χ2v) is 5.46. The minimum absolute atomic E-state index is 0.637. The quantitative estimate of drug-likeness (QED) is 0.721. The Hall–Kier alpha value is -0.490. The topological polar surface area (TPSA) is 49.8 Å². The largest absolute Gasteiger partial charge is 0.369 e. The first-order valence-electron chi connectivity index (χ1n) is 5.71. The molecule has 0 atom stereocenters. The minimum atomic E-state index is 0.637. The zero-order chi connectivity index (χ0) is 12.5. The summed E-state index contributed by atoms with van der Waals surface area (Å²) in [6.45, 7) is 0.952. The Labute approximate surface area is 116 Å². The third kappa shape index (κ3) is 5.59. The average Bonchev–Trinajstić information content (AvgIpc) is 2.35. The van der Waals surface area contributed by atoms with Crippen LogP contribution in [0.5, 0.6) is 0 Å². The fraction of sp³-hybridized carbons (Fsp3) is 0.636. The van der Waals surface area contributed by atoms with Gasteiger partial charge in [-0.2, -0.15) is 16.7 Å². The summed E-state index contributed by atoms with van der Waals surface area (Å²) < 4.78 is 0.903. The highest BCUT2D eigenvalue weighted by Crippen LogP contribution is 2.19. The van der Waals surface area contributed by atoms with Crippen LogP contribution in [-0.2, 0) is 0 Å². The fourth-order valence-corrected chi connectivity index (χ4v) is 2.19. The number of hydrogen-bond donors (Lipinski definition) is 2. The molecule has 17 heavy (non-hydrogen) atoms. The van der Waals surface area contributed by atoms with E-state index < -0.39 is 0 Å². The molecule has 4 nitrogen and oxygen atoms in total. The van der Waals surface area contributed by atoms with Crippen LogP contribution in [0.25, 0.3) is 0 Å². The van der Waals surface area contributed by atoms with Gasteiger partial charge in [0.2, 0.25) is 5.95 Å². The third-order valence-electron chi connectivity index (χ3n) is 2.29. The predicted molar refractivity (Wildman–Crippen MR) is 80.0 cm³/mol. The van der Waals surface area contributed by atoms with Crippen LogP contribution in [0.1, 0.15) is 19.3 Å². The monoisotopic (exact) mass is 318 g/mol. The molecule has 6 heteroatoms. The zero-order valence-corrected chi connectivity index (χ0v) is 12.7. The van der Waals surface area contributed by atoms with Crippen LogP contribution in [0.3, 0.4) is 0 Å². The molecule has 2 N–H and O–H groups in total. The van der Waals surface area contributed by atoms with Crippen molar-refractivity contribution in [3.63, 3.8) is 0 Å². The number of anilines is 2. The number of nitrogens with one attached hydrogen (secondary N) is 2. The summed E-state index contributed by atoms with van der Waals surface area (Å²) in [6, 6.07) is 0. The van der Waals surface area contributed by atoms with Crippen LogP contribution in [-0.4, -0.2) is 35.6 Å². The Morgan fingerprint density at radius 1 is 1.35 bits per heavy atom. The lowest BCUT2D eigenvalue weighted by molar-refractivity contribution is 0.748. The van der Waals surface area contributed by atoms with Crippen LogP contribution < -0.4 is 10.6 Å². The van der Waals surface area contributed by atoms with Gasteiger partial charge < -0.3 is 10.6 Å². The van der Waals surface area contributed by atoms with Gasteiger partial charge in [0.25, 0.3) is 0 Å². The second-order valence-electron chi connectivity index (χ2n) is 3.62. The molecular formula is C11H19BrN4S. The second kappa shape index (κ2) is 8.58. The van der Waals surface area contributed by atoms with Gasteiger partial charge in [-0.05, 0) is 40.8 Å². The molecule has 0 bridgehead atoms. The summed E-state index contributed by atoms with van der Waals surface area (Å²) in [5.74, 6) is 2.74. The number of halogens is 1. The summed E-state index contributed by atoms with van der Waals surface area (Å²) in [4.78, 5) is 8.45. The lowest BCUT2D eigenvalue weighted by Crippen LogP contribution is -2.06. The van der Waals surface area contributed by atoms with Crippen LogP contribution in [0, 0.1) is 0 Å². The van der Waals surface area contributed by atoms with E-state index >= 15 is 0 Å². The molecule has 0 aliphatic rings. The predicted octanol–water partition coefficient (Wildman–Crippen LogP) is 3.23. The minimum Gasteiger partial charge on any atom is -0.369 e. The molecule has 0 amide bonds. The first-order valence-corrected chi connectivity index (χ1v) is 7.89.